The molecule has 3 nitrogen and oxygen atoms in total. The van der Waals surface area contributed by atoms with Crippen molar-refractivity contribution in [1.29, 1.82) is 0 Å². The Labute approximate surface area is 141 Å². The normalized spacial score (nSPS) is 24.6. The molecule has 0 spiro atoms. The molecule has 0 radical (unpaired) electrons. The van der Waals surface area contributed by atoms with Crippen molar-refractivity contribution in [3.8, 4) is 5.75 Å². The first-order valence-corrected chi connectivity index (χ1v) is 9.28. The van der Waals surface area contributed by atoms with E-state index in [9.17, 15) is 0 Å². The van der Waals surface area contributed by atoms with E-state index in [-0.39, 0.29) is 6.29 Å². The minimum Gasteiger partial charge on any atom is -0.494 e. The van der Waals surface area contributed by atoms with Crippen LogP contribution in [-0.2, 0) is 9.47 Å². The topological polar surface area (TPSA) is 27.7 Å². The lowest BCUT2D eigenvalue weighted by Gasteiger charge is -2.36. The van der Waals surface area contributed by atoms with Gasteiger partial charge in [-0.3, -0.25) is 0 Å². The zero-order valence-corrected chi connectivity index (χ0v) is 14.9. The van der Waals surface area contributed by atoms with Gasteiger partial charge >= 0.3 is 0 Å². The molecule has 130 valence electrons. The third-order valence-corrected chi connectivity index (χ3v) is 4.55. The Morgan fingerprint density at radius 1 is 1.04 bits per heavy atom. The monoisotopic (exact) mass is 320 g/mol. The van der Waals surface area contributed by atoms with Gasteiger partial charge < -0.3 is 14.2 Å². The lowest BCUT2D eigenvalue weighted by atomic mass is 9.95. The Bertz CT molecular complexity index is 429. The van der Waals surface area contributed by atoms with Crippen LogP contribution >= 0.6 is 0 Å². The van der Waals surface area contributed by atoms with Gasteiger partial charge in [-0.25, -0.2) is 0 Å². The SMILES string of the molecule is CCCCCOc1ccc([C@H]2OC[C@H](CC)[C@H](CCC)O2)cc1. The Kier molecular flexibility index (Phi) is 7.90. The molecule has 0 unspecified atom stereocenters. The molecule has 1 aliphatic rings. The molecular formula is C20H32O3. The third-order valence-electron chi connectivity index (χ3n) is 4.55. The number of unbranched alkanes of at least 4 members (excludes halogenated alkanes) is 2. The smallest absolute Gasteiger partial charge is 0.184 e. The largest absolute Gasteiger partial charge is 0.494 e. The lowest BCUT2D eigenvalue weighted by molar-refractivity contribution is -0.243. The first-order valence-electron chi connectivity index (χ1n) is 9.28. The van der Waals surface area contributed by atoms with Crippen molar-refractivity contribution < 1.29 is 14.2 Å². The fourth-order valence-electron chi connectivity index (χ4n) is 3.03. The van der Waals surface area contributed by atoms with Crippen molar-refractivity contribution in [3.05, 3.63) is 29.8 Å². The molecule has 0 bridgehead atoms. The molecule has 2 rings (SSSR count). The van der Waals surface area contributed by atoms with E-state index in [1.807, 2.05) is 12.1 Å². The Hall–Kier alpha value is -1.06. The second-order valence-electron chi connectivity index (χ2n) is 6.42. The van der Waals surface area contributed by atoms with Crippen molar-refractivity contribution in [2.45, 2.75) is 71.7 Å². The second-order valence-corrected chi connectivity index (χ2v) is 6.42. The van der Waals surface area contributed by atoms with E-state index < -0.39 is 0 Å². The van der Waals surface area contributed by atoms with Crippen molar-refractivity contribution in [1.82, 2.24) is 0 Å². The molecule has 0 aliphatic carbocycles. The Morgan fingerprint density at radius 2 is 1.83 bits per heavy atom. The minimum absolute atomic E-state index is 0.233. The first kappa shape index (κ1) is 18.3. The predicted octanol–water partition coefficient (Wildman–Crippen LogP) is 5.50. The molecule has 3 atom stereocenters. The van der Waals surface area contributed by atoms with Crippen molar-refractivity contribution in [2.75, 3.05) is 13.2 Å². The van der Waals surface area contributed by atoms with E-state index in [0.717, 1.165) is 50.2 Å². The van der Waals surface area contributed by atoms with Gasteiger partial charge in [-0.2, -0.15) is 0 Å². The summed E-state index contributed by atoms with van der Waals surface area (Å²) in [4.78, 5) is 0. The van der Waals surface area contributed by atoms with Crippen LogP contribution in [0.25, 0.3) is 0 Å². The summed E-state index contributed by atoms with van der Waals surface area (Å²) in [6, 6.07) is 8.17. The number of hydrogen-bond acceptors (Lipinski definition) is 3. The van der Waals surface area contributed by atoms with Crippen LogP contribution in [0, 0.1) is 5.92 Å². The lowest BCUT2D eigenvalue weighted by Crippen LogP contribution is -2.35. The molecule has 0 amide bonds. The molecular weight excluding hydrogens is 288 g/mol. The Balaban J connectivity index is 1.88. The zero-order chi connectivity index (χ0) is 16.5. The molecule has 1 aromatic rings. The van der Waals surface area contributed by atoms with E-state index in [2.05, 4.69) is 32.9 Å². The van der Waals surface area contributed by atoms with Crippen LogP contribution in [0.1, 0.15) is 71.1 Å². The van der Waals surface area contributed by atoms with Gasteiger partial charge in [0.2, 0.25) is 0 Å². The summed E-state index contributed by atoms with van der Waals surface area (Å²) in [5, 5.41) is 0. The van der Waals surface area contributed by atoms with Gasteiger partial charge in [0.05, 0.1) is 19.3 Å². The molecule has 1 aliphatic heterocycles. The average molecular weight is 320 g/mol. The van der Waals surface area contributed by atoms with Crippen LogP contribution in [0.15, 0.2) is 24.3 Å². The maximum absolute atomic E-state index is 6.21. The number of ether oxygens (including phenoxy) is 3. The van der Waals surface area contributed by atoms with Gasteiger partial charge in [-0.1, -0.05) is 52.2 Å². The van der Waals surface area contributed by atoms with Crippen LogP contribution in [-0.4, -0.2) is 19.3 Å². The van der Waals surface area contributed by atoms with Gasteiger partial charge in [0.25, 0.3) is 0 Å². The van der Waals surface area contributed by atoms with Crippen LogP contribution in [0.5, 0.6) is 5.75 Å². The molecule has 1 heterocycles. The summed E-state index contributed by atoms with van der Waals surface area (Å²) in [5.74, 6) is 1.45. The van der Waals surface area contributed by atoms with Gasteiger partial charge in [0.15, 0.2) is 6.29 Å². The summed E-state index contributed by atoms with van der Waals surface area (Å²) in [6.07, 6.45) is 7.01. The molecule has 3 heteroatoms. The summed E-state index contributed by atoms with van der Waals surface area (Å²) < 4.78 is 17.9. The molecule has 1 saturated heterocycles. The number of rotatable bonds is 9. The van der Waals surface area contributed by atoms with Crippen molar-refractivity contribution in [2.24, 2.45) is 5.92 Å². The first-order chi connectivity index (χ1) is 11.3. The maximum atomic E-state index is 6.21. The molecule has 1 aromatic carbocycles. The minimum atomic E-state index is -0.233. The standard InChI is InChI=1S/C20H32O3/c1-4-7-8-14-21-18-12-10-17(11-13-18)20-22-15-16(6-3)19(23-20)9-5-2/h10-13,16,19-20H,4-9,14-15H2,1-3H3/t16-,19-,20-/m0/s1. The fraction of sp³-hybridized carbons (Fsp3) is 0.700. The second kappa shape index (κ2) is 9.94. The van der Waals surface area contributed by atoms with Crippen molar-refractivity contribution >= 4 is 0 Å². The fourth-order valence-corrected chi connectivity index (χ4v) is 3.03. The van der Waals surface area contributed by atoms with Crippen LogP contribution in [0.4, 0.5) is 0 Å². The Morgan fingerprint density at radius 3 is 2.48 bits per heavy atom. The van der Waals surface area contributed by atoms with Gasteiger partial charge in [-0.05, 0) is 31.4 Å². The highest BCUT2D eigenvalue weighted by atomic mass is 16.7. The third kappa shape index (κ3) is 5.50. The summed E-state index contributed by atoms with van der Waals surface area (Å²) in [5.41, 5.74) is 1.08. The highest BCUT2D eigenvalue weighted by Gasteiger charge is 2.30. The summed E-state index contributed by atoms with van der Waals surface area (Å²) in [7, 11) is 0. The average Bonchev–Trinajstić information content (AvgIpc) is 2.59. The summed E-state index contributed by atoms with van der Waals surface area (Å²) in [6.45, 7) is 8.21. The predicted molar refractivity (Wildman–Crippen MR) is 93.7 cm³/mol. The molecule has 1 fully saturated rings. The van der Waals surface area contributed by atoms with Crippen LogP contribution in [0.2, 0.25) is 0 Å². The van der Waals surface area contributed by atoms with E-state index >= 15 is 0 Å². The molecule has 0 aromatic heterocycles. The van der Waals surface area contributed by atoms with Crippen LogP contribution < -0.4 is 4.74 Å². The van der Waals surface area contributed by atoms with Crippen LogP contribution in [0.3, 0.4) is 0 Å². The van der Waals surface area contributed by atoms with E-state index in [4.69, 9.17) is 14.2 Å². The maximum Gasteiger partial charge on any atom is 0.184 e. The van der Waals surface area contributed by atoms with Crippen molar-refractivity contribution in [3.63, 3.8) is 0 Å². The van der Waals surface area contributed by atoms with Gasteiger partial charge in [0, 0.05) is 11.5 Å². The molecule has 0 saturated carbocycles. The highest BCUT2D eigenvalue weighted by molar-refractivity contribution is 5.28. The van der Waals surface area contributed by atoms with Gasteiger partial charge in [0.1, 0.15) is 5.75 Å². The van der Waals surface area contributed by atoms with E-state index in [1.165, 1.54) is 12.8 Å². The van der Waals surface area contributed by atoms with E-state index in [0.29, 0.717) is 12.0 Å². The molecule has 23 heavy (non-hydrogen) atoms. The number of hydrogen-bond donors (Lipinski definition) is 0. The zero-order valence-electron chi connectivity index (χ0n) is 14.9. The quantitative estimate of drug-likeness (QED) is 0.563. The highest BCUT2D eigenvalue weighted by Crippen LogP contribution is 2.33. The molecule has 0 N–H and O–H groups in total. The number of benzene rings is 1. The van der Waals surface area contributed by atoms with Gasteiger partial charge in [-0.15, -0.1) is 0 Å². The van der Waals surface area contributed by atoms with E-state index in [1.54, 1.807) is 0 Å². The summed E-state index contributed by atoms with van der Waals surface area (Å²) >= 11 is 0.